The van der Waals surface area contributed by atoms with Crippen LogP contribution in [-0.2, 0) is 42.5 Å². The molecule has 5 N–H and O–H groups in total. The number of phosphoric ester groups is 1. The number of imidazole rings is 1. The number of H-pyrrole nitrogens is 1. The van der Waals surface area contributed by atoms with Crippen molar-refractivity contribution in [2.45, 2.75) is 55.0 Å². The largest absolute Gasteiger partial charge is 0.508 e. The first-order chi connectivity index (χ1) is 27.7. The molecule has 3 aliphatic heterocycles. The molecule has 58 heavy (non-hydrogen) atoms. The number of ketones is 1. The number of rotatable bonds is 7. The minimum Gasteiger partial charge on any atom is -0.508 e. The van der Waals surface area contributed by atoms with Crippen LogP contribution in [0, 0.1) is 0 Å². The molecule has 0 amide bonds. The summed E-state index contributed by atoms with van der Waals surface area (Å²) in [4.78, 5) is 62.4. The van der Waals surface area contributed by atoms with Gasteiger partial charge in [-0.25, -0.2) is 37.7 Å². The van der Waals surface area contributed by atoms with Crippen LogP contribution in [0.25, 0.3) is 11.2 Å². The number of phosphoric acid groups is 1. The number of nitrogen functional groups attached to an aromatic ring is 1. The summed E-state index contributed by atoms with van der Waals surface area (Å²) in [6, 6.07) is 12.8. The zero-order valence-electron chi connectivity index (χ0n) is 29.4. The molecule has 8 rings (SSSR count). The van der Waals surface area contributed by atoms with Crippen LogP contribution >= 0.6 is 26.0 Å². The van der Waals surface area contributed by atoms with E-state index in [-0.39, 0.29) is 34.3 Å². The molecule has 3 aliphatic rings. The number of carbonyl (C=O) groups is 1. The van der Waals surface area contributed by atoms with Gasteiger partial charge in [0.1, 0.15) is 42.0 Å². The second kappa shape index (κ2) is 15.8. The number of phenols is 1. The van der Waals surface area contributed by atoms with Crippen LogP contribution in [0.5, 0.6) is 5.75 Å². The van der Waals surface area contributed by atoms with Crippen molar-refractivity contribution in [3.05, 3.63) is 111 Å². The fourth-order valence-electron chi connectivity index (χ4n) is 6.48. The number of aromatic nitrogens is 6. The van der Waals surface area contributed by atoms with Gasteiger partial charge in [0.05, 0.1) is 19.5 Å². The van der Waals surface area contributed by atoms with Gasteiger partial charge in [0.2, 0.25) is 0 Å². The highest BCUT2D eigenvalue weighted by atomic mass is 32.7. The topological polar surface area (TPSA) is 272 Å². The van der Waals surface area contributed by atoms with Crippen LogP contribution in [0.2, 0.25) is 0 Å². The van der Waals surface area contributed by atoms with Gasteiger partial charge in [-0.1, -0.05) is 24.3 Å². The van der Waals surface area contributed by atoms with Crippen molar-refractivity contribution in [3.63, 3.8) is 0 Å². The van der Waals surface area contributed by atoms with E-state index in [0.29, 0.717) is 28.1 Å². The molecule has 0 spiro atoms. The molecule has 6 heterocycles. The Morgan fingerprint density at radius 1 is 0.879 bits per heavy atom. The molecule has 3 aromatic heterocycles. The fourth-order valence-corrected chi connectivity index (χ4v) is 10.8. The lowest BCUT2D eigenvalue weighted by atomic mass is 10.0. The van der Waals surface area contributed by atoms with Gasteiger partial charge in [0.25, 0.3) is 5.56 Å². The lowest BCUT2D eigenvalue weighted by Crippen LogP contribution is -2.37. The van der Waals surface area contributed by atoms with Gasteiger partial charge >= 0.3 is 20.3 Å². The van der Waals surface area contributed by atoms with Gasteiger partial charge in [-0.2, -0.15) is 0 Å². The molecule has 2 bridgehead atoms. The zero-order chi connectivity index (χ0) is 40.9. The van der Waals surface area contributed by atoms with Crippen molar-refractivity contribution in [3.8, 4) is 5.75 Å². The van der Waals surface area contributed by atoms with Crippen LogP contribution in [0.4, 0.5) is 14.6 Å². The molecule has 3 fully saturated rings. The second-order valence-corrected chi connectivity index (χ2v) is 18.5. The fraction of sp³-hybridized carbons (Fsp3) is 0.333. The van der Waals surface area contributed by atoms with E-state index < -0.39 is 88.3 Å². The molecule has 0 radical (unpaired) electrons. The molecule has 0 aliphatic carbocycles. The van der Waals surface area contributed by atoms with E-state index in [2.05, 4.69) is 15.0 Å². The maximum absolute atomic E-state index is 16.4. The number of nitrogens with two attached hydrogens (primary N) is 1. The first-order valence-corrected chi connectivity index (χ1v) is 21.8. The smallest absolute Gasteiger partial charge is 0.472 e. The number of fused-ring (bicyclic) bond motifs is 4. The van der Waals surface area contributed by atoms with Gasteiger partial charge < -0.3 is 25.2 Å². The number of hydrogen-bond donors (Lipinski definition) is 4. The molecule has 3 saturated heterocycles. The molecular weight excluding hydrogens is 834 g/mol. The lowest BCUT2D eigenvalue weighted by molar-refractivity contribution is -0.0635. The number of halogens is 2. The average Bonchev–Trinajstić information content (AvgIpc) is 3.86. The Bertz CT molecular complexity index is 2570. The van der Waals surface area contributed by atoms with Gasteiger partial charge in [-0.3, -0.25) is 41.8 Å². The summed E-state index contributed by atoms with van der Waals surface area (Å²) in [6.45, 7) is -6.53. The summed E-state index contributed by atoms with van der Waals surface area (Å²) >= 11 is 0.561. The Morgan fingerprint density at radius 2 is 1.57 bits per heavy atom. The number of anilines is 1. The molecule has 0 saturated carbocycles. The number of benzene rings is 2. The quantitative estimate of drug-likeness (QED) is 0.135. The number of hydrogen-bond acceptors (Lipinski definition) is 17. The first kappa shape index (κ1) is 40.1. The Balaban J connectivity index is 1.11. The molecule has 306 valence electrons. The normalized spacial score (nSPS) is 31.6. The summed E-state index contributed by atoms with van der Waals surface area (Å²) in [5.74, 6) is -0.510. The van der Waals surface area contributed by atoms with Crippen molar-refractivity contribution in [1.82, 2.24) is 29.1 Å². The predicted molar refractivity (Wildman–Crippen MR) is 197 cm³/mol. The summed E-state index contributed by atoms with van der Waals surface area (Å²) < 4.78 is 96.3. The van der Waals surface area contributed by atoms with Crippen LogP contribution in [0.1, 0.15) is 33.9 Å². The van der Waals surface area contributed by atoms with Gasteiger partial charge in [0, 0.05) is 29.1 Å². The maximum atomic E-state index is 16.4. The first-order valence-electron chi connectivity index (χ1n) is 17.2. The summed E-state index contributed by atoms with van der Waals surface area (Å²) in [5, 5.41) is 9.57. The van der Waals surface area contributed by atoms with Crippen molar-refractivity contribution in [2.75, 3.05) is 18.9 Å². The van der Waals surface area contributed by atoms with E-state index in [1.54, 1.807) is 12.1 Å². The number of aromatic hydroxyl groups is 1. The number of phenolic OH excluding ortho intramolecular Hbond substituents is 1. The van der Waals surface area contributed by atoms with Crippen molar-refractivity contribution < 1.29 is 60.3 Å². The molecule has 10 atom stereocenters. The predicted octanol–water partition coefficient (Wildman–Crippen LogP) is 3.33. The molecular formula is C33H31F2N7O13P2S. The van der Waals surface area contributed by atoms with E-state index in [1.165, 1.54) is 36.4 Å². The summed E-state index contributed by atoms with van der Waals surface area (Å²) in [7, 11) is -5.26. The third kappa shape index (κ3) is 8.02. The van der Waals surface area contributed by atoms with Crippen molar-refractivity contribution in [1.29, 1.82) is 0 Å². The highest BCUT2D eigenvalue weighted by Gasteiger charge is 2.55. The summed E-state index contributed by atoms with van der Waals surface area (Å²) in [5.41, 5.74) is 5.31. The van der Waals surface area contributed by atoms with Gasteiger partial charge in [0.15, 0.2) is 42.0 Å². The molecule has 2 unspecified atom stereocenters. The monoisotopic (exact) mass is 865 g/mol. The van der Waals surface area contributed by atoms with E-state index in [1.807, 2.05) is 4.98 Å². The minimum absolute atomic E-state index is 0.0116. The standard InChI is InChI=1S/C33H31F2N7O13P2S/c34-23-20-11-50-56(47,48)54-27-21(53-31(24(27)35)42-15-39-25-29(36)37-14-38-30(25)42)12-51-57(49,55-28(23)32(52-20)41-10-9-22(44)40-33(41)46)58-13-16-1-3-17(4-2-16)26(45)18-5-7-19(43)8-6-18/h1-10,14-15,20-21,23-24,27-28,31-32,43H,11-13H2,(H,47,48)(H2,36,37,38)(H,40,44,46)/t20-,21-,23-,24-,27-,28-,31-,32-,57?/m1/s1. The van der Waals surface area contributed by atoms with E-state index in [4.69, 9.17) is 33.3 Å². The van der Waals surface area contributed by atoms with Crippen LogP contribution in [-0.4, -0.2) is 94.8 Å². The van der Waals surface area contributed by atoms with Crippen LogP contribution in [0.15, 0.2) is 83.0 Å². The van der Waals surface area contributed by atoms with Gasteiger partial charge in [-0.05, 0) is 41.2 Å². The van der Waals surface area contributed by atoms with Crippen LogP contribution < -0.4 is 17.0 Å². The zero-order valence-corrected chi connectivity index (χ0v) is 32.0. The number of ether oxygens (including phenoxy) is 2. The average molecular weight is 866 g/mol. The summed E-state index contributed by atoms with van der Waals surface area (Å²) in [6.07, 6.45) is -11.9. The Kier molecular flexibility index (Phi) is 11.0. The van der Waals surface area contributed by atoms with E-state index in [0.717, 1.165) is 34.1 Å². The number of alkyl halides is 2. The number of carbonyl (C=O) groups excluding carboxylic acids is 1. The Labute approximate surface area is 328 Å². The number of nitrogens with one attached hydrogen (secondary N) is 1. The second-order valence-electron chi connectivity index (χ2n) is 13.1. The molecule has 20 nitrogen and oxygen atoms in total. The highest BCUT2D eigenvalue weighted by Crippen LogP contribution is 2.65. The maximum Gasteiger partial charge on any atom is 0.472 e. The lowest BCUT2D eigenvalue weighted by Gasteiger charge is -2.27. The van der Waals surface area contributed by atoms with Crippen LogP contribution in [0.3, 0.4) is 0 Å². The molecule has 5 aromatic rings. The minimum atomic E-state index is -5.26. The van der Waals surface area contributed by atoms with Gasteiger partial charge in [-0.15, -0.1) is 0 Å². The Hall–Kier alpha value is -4.67. The highest BCUT2D eigenvalue weighted by molar-refractivity contribution is 8.54. The third-order valence-corrected chi connectivity index (χ3v) is 14.0. The number of aromatic amines is 1. The van der Waals surface area contributed by atoms with E-state index in [9.17, 15) is 33.5 Å². The van der Waals surface area contributed by atoms with Crippen molar-refractivity contribution >= 4 is 48.8 Å². The molecule has 2 aromatic carbocycles. The van der Waals surface area contributed by atoms with Crippen molar-refractivity contribution in [2.24, 2.45) is 0 Å². The third-order valence-electron chi connectivity index (χ3n) is 9.36. The number of nitrogens with zero attached hydrogens (tertiary/aromatic N) is 5. The van der Waals surface area contributed by atoms with E-state index >= 15 is 8.78 Å². The Morgan fingerprint density at radius 3 is 2.29 bits per heavy atom. The SMILES string of the molecule is Nc1ncnc2c1ncn2[C@@H]1O[C@@H]2COP(=O)(SCc3ccc(C(=O)c4ccc(O)cc4)cc3)O[C@@H]3[C@H](F)[C@@H](COP(=O)(O)O[C@H]2[C@H]1F)O[C@H]3n1ccc(=O)[nH]c1=O. The molecule has 25 heteroatoms.